The zero-order valence-corrected chi connectivity index (χ0v) is 7.67. The lowest BCUT2D eigenvalue weighted by Crippen LogP contribution is -1.91. The predicted octanol–water partition coefficient (Wildman–Crippen LogP) is 0.986. The lowest BCUT2D eigenvalue weighted by Gasteiger charge is -1.95. The fourth-order valence-electron chi connectivity index (χ4n) is 1.49. The van der Waals surface area contributed by atoms with Crippen molar-refractivity contribution in [2.24, 2.45) is 0 Å². The van der Waals surface area contributed by atoms with Crippen molar-refractivity contribution in [3.63, 3.8) is 0 Å². The van der Waals surface area contributed by atoms with Gasteiger partial charge in [-0.15, -0.1) is 0 Å². The predicted molar refractivity (Wildman–Crippen MR) is 52.0 cm³/mol. The van der Waals surface area contributed by atoms with Crippen molar-refractivity contribution >= 4 is 5.82 Å². The molecule has 0 aromatic carbocycles. The molecule has 2 aromatic heterocycles. The highest BCUT2D eigenvalue weighted by Gasteiger charge is 2.23. The van der Waals surface area contributed by atoms with E-state index < -0.39 is 0 Å². The Morgan fingerprint density at radius 2 is 2.07 bits per heavy atom. The summed E-state index contributed by atoms with van der Waals surface area (Å²) in [5.74, 6) is 1.40. The Bertz CT molecular complexity index is 451. The number of nitrogens with zero attached hydrogens (tertiary/aromatic N) is 4. The first kappa shape index (κ1) is 7.61. The third-order valence-corrected chi connectivity index (χ3v) is 2.42. The molecule has 0 atom stereocenters. The summed E-state index contributed by atoms with van der Waals surface area (Å²) in [4.78, 5) is 8.25. The third kappa shape index (κ3) is 1.17. The van der Waals surface area contributed by atoms with Crippen molar-refractivity contribution in [3.05, 3.63) is 25.0 Å². The molecule has 14 heavy (non-hydrogen) atoms. The van der Waals surface area contributed by atoms with E-state index in [-0.39, 0.29) is 0 Å². The molecular formula is C9H11N5. The molecule has 0 radical (unpaired) electrons. The molecule has 0 spiro atoms. The quantitative estimate of drug-likeness (QED) is 0.766. The summed E-state index contributed by atoms with van der Waals surface area (Å²) < 4.78 is 3.97. The molecule has 5 heteroatoms. The minimum Gasteiger partial charge on any atom is -0.382 e. The van der Waals surface area contributed by atoms with Crippen LogP contribution >= 0.6 is 0 Å². The van der Waals surface area contributed by atoms with Crippen LogP contribution in [0.25, 0.3) is 5.82 Å². The number of rotatable bonds is 2. The molecule has 1 aliphatic rings. The van der Waals surface area contributed by atoms with Gasteiger partial charge < -0.3 is 10.3 Å². The zero-order valence-electron chi connectivity index (χ0n) is 7.67. The minimum absolute atomic E-state index is 0.519. The number of hydrogen-bond donors (Lipinski definition) is 1. The molecule has 2 heterocycles. The van der Waals surface area contributed by atoms with Crippen molar-refractivity contribution < 1.29 is 0 Å². The number of hydrogen-bond acceptors (Lipinski definition) is 3. The van der Waals surface area contributed by atoms with Crippen LogP contribution in [0.1, 0.15) is 18.9 Å². The average Bonchev–Trinajstić information content (AvgIpc) is 2.76. The molecule has 2 N–H and O–H groups in total. The molecule has 5 nitrogen and oxygen atoms in total. The topological polar surface area (TPSA) is 61.7 Å². The van der Waals surface area contributed by atoms with Gasteiger partial charge in [-0.3, -0.25) is 4.57 Å². The van der Waals surface area contributed by atoms with Gasteiger partial charge in [-0.05, 0) is 12.8 Å². The van der Waals surface area contributed by atoms with Crippen molar-refractivity contribution in [2.75, 3.05) is 5.73 Å². The monoisotopic (exact) mass is 189 g/mol. The maximum atomic E-state index is 5.53. The Hall–Kier alpha value is -1.78. The summed E-state index contributed by atoms with van der Waals surface area (Å²) in [7, 11) is 0. The van der Waals surface area contributed by atoms with Gasteiger partial charge in [-0.25, -0.2) is 9.97 Å². The smallest absolute Gasteiger partial charge is 0.156 e. The molecule has 1 fully saturated rings. The van der Waals surface area contributed by atoms with E-state index in [0.717, 1.165) is 5.82 Å². The number of aromatic nitrogens is 4. The standard InChI is InChI=1S/C9H11N5/c10-8-3-14(5-11-8)9-4-13(6-12-9)7-1-2-7/h3-7H,1-2,10H2. The van der Waals surface area contributed by atoms with Crippen LogP contribution in [0.15, 0.2) is 25.0 Å². The van der Waals surface area contributed by atoms with Gasteiger partial charge in [0.1, 0.15) is 12.1 Å². The first-order valence-electron chi connectivity index (χ1n) is 4.66. The lowest BCUT2D eigenvalue weighted by atomic mass is 10.6. The Kier molecular flexibility index (Phi) is 1.41. The average molecular weight is 189 g/mol. The molecular weight excluding hydrogens is 178 g/mol. The van der Waals surface area contributed by atoms with Gasteiger partial charge in [0.25, 0.3) is 0 Å². The van der Waals surface area contributed by atoms with Crippen molar-refractivity contribution in [1.29, 1.82) is 0 Å². The molecule has 1 aliphatic carbocycles. The Balaban J connectivity index is 1.95. The van der Waals surface area contributed by atoms with Crippen LogP contribution in [0.2, 0.25) is 0 Å². The van der Waals surface area contributed by atoms with Gasteiger partial charge in [-0.1, -0.05) is 0 Å². The summed E-state index contributed by atoms with van der Waals surface area (Å²) in [5, 5.41) is 0. The highest BCUT2D eigenvalue weighted by Crippen LogP contribution is 2.34. The van der Waals surface area contributed by atoms with Gasteiger partial charge in [0.15, 0.2) is 5.82 Å². The maximum absolute atomic E-state index is 5.53. The second kappa shape index (κ2) is 2.60. The van der Waals surface area contributed by atoms with Crippen molar-refractivity contribution in [3.8, 4) is 5.82 Å². The highest BCUT2D eigenvalue weighted by atomic mass is 15.2. The molecule has 0 aliphatic heterocycles. The largest absolute Gasteiger partial charge is 0.382 e. The first-order chi connectivity index (χ1) is 6.83. The van der Waals surface area contributed by atoms with Crippen molar-refractivity contribution in [2.45, 2.75) is 18.9 Å². The third-order valence-electron chi connectivity index (χ3n) is 2.42. The lowest BCUT2D eigenvalue weighted by molar-refractivity contribution is 0.740. The molecule has 0 unspecified atom stereocenters. The van der Waals surface area contributed by atoms with E-state index in [0.29, 0.717) is 11.9 Å². The van der Waals surface area contributed by atoms with E-state index >= 15 is 0 Å². The summed E-state index contributed by atoms with van der Waals surface area (Å²) >= 11 is 0. The van der Waals surface area contributed by atoms with Crippen LogP contribution < -0.4 is 5.73 Å². The number of anilines is 1. The molecule has 1 saturated carbocycles. The maximum Gasteiger partial charge on any atom is 0.156 e. The summed E-state index contributed by atoms with van der Waals surface area (Å²) in [6.07, 6.45) is 9.86. The highest BCUT2D eigenvalue weighted by molar-refractivity contribution is 5.29. The fourth-order valence-corrected chi connectivity index (χ4v) is 1.49. The minimum atomic E-state index is 0.519. The van der Waals surface area contributed by atoms with Crippen molar-refractivity contribution in [1.82, 2.24) is 19.1 Å². The first-order valence-corrected chi connectivity index (χ1v) is 4.66. The molecule has 0 saturated heterocycles. The number of nitrogens with two attached hydrogens (primary N) is 1. The molecule has 2 aromatic rings. The van der Waals surface area contributed by atoms with E-state index in [2.05, 4.69) is 14.5 Å². The van der Waals surface area contributed by atoms with Crippen LogP contribution in [0, 0.1) is 0 Å². The molecule has 72 valence electrons. The van der Waals surface area contributed by atoms with Crippen LogP contribution in [-0.4, -0.2) is 19.1 Å². The molecule has 0 bridgehead atoms. The Morgan fingerprint density at radius 1 is 1.21 bits per heavy atom. The summed E-state index contributed by atoms with van der Waals surface area (Å²) in [6.45, 7) is 0. The van der Waals surface area contributed by atoms with Crippen LogP contribution in [0.3, 0.4) is 0 Å². The summed E-state index contributed by atoms with van der Waals surface area (Å²) in [5.41, 5.74) is 5.53. The second-order valence-electron chi connectivity index (χ2n) is 3.62. The zero-order chi connectivity index (χ0) is 9.54. The Morgan fingerprint density at radius 3 is 2.71 bits per heavy atom. The Labute approximate surface area is 81.2 Å². The normalized spacial score (nSPS) is 16.0. The summed E-state index contributed by atoms with van der Waals surface area (Å²) in [6, 6.07) is 0.664. The molecule has 0 amide bonds. The van der Waals surface area contributed by atoms with Crippen LogP contribution in [0.4, 0.5) is 5.82 Å². The van der Waals surface area contributed by atoms with E-state index in [1.54, 1.807) is 12.5 Å². The fraction of sp³-hybridized carbons (Fsp3) is 0.333. The van der Waals surface area contributed by atoms with Gasteiger partial charge in [0.2, 0.25) is 0 Å². The SMILES string of the molecule is Nc1cn(-c2cn(C3CC3)cn2)cn1. The van der Waals surface area contributed by atoms with Gasteiger partial charge in [0.05, 0.1) is 12.5 Å². The van der Waals surface area contributed by atoms with Gasteiger partial charge in [-0.2, -0.15) is 0 Å². The van der Waals surface area contributed by atoms with E-state index in [1.165, 1.54) is 12.8 Å². The van der Waals surface area contributed by atoms with Gasteiger partial charge >= 0.3 is 0 Å². The van der Waals surface area contributed by atoms with E-state index in [9.17, 15) is 0 Å². The molecule has 3 rings (SSSR count). The van der Waals surface area contributed by atoms with Crippen LogP contribution in [0.5, 0.6) is 0 Å². The van der Waals surface area contributed by atoms with E-state index in [4.69, 9.17) is 5.73 Å². The van der Waals surface area contributed by atoms with Gasteiger partial charge in [0, 0.05) is 12.2 Å². The van der Waals surface area contributed by atoms with Crippen LogP contribution in [-0.2, 0) is 0 Å². The number of imidazole rings is 2. The second-order valence-corrected chi connectivity index (χ2v) is 3.62. The number of nitrogen functional groups attached to an aromatic ring is 1. The van der Waals surface area contributed by atoms with E-state index in [1.807, 2.05) is 17.1 Å².